The van der Waals surface area contributed by atoms with E-state index in [1.54, 1.807) is 0 Å². The average molecular weight is 352 g/mol. The summed E-state index contributed by atoms with van der Waals surface area (Å²) in [6.45, 7) is 3.72. The highest BCUT2D eigenvalue weighted by atomic mass is 16.2. The fourth-order valence-electron chi connectivity index (χ4n) is 3.25. The van der Waals surface area contributed by atoms with Crippen molar-refractivity contribution in [1.29, 1.82) is 0 Å². The number of aryl methyl sites for hydroxylation is 4. The van der Waals surface area contributed by atoms with Crippen LogP contribution >= 0.6 is 0 Å². The van der Waals surface area contributed by atoms with Gasteiger partial charge in [0.05, 0.1) is 0 Å². The Balaban J connectivity index is 1.50. The van der Waals surface area contributed by atoms with Crippen LogP contribution in [-0.4, -0.2) is 21.7 Å². The number of benzene rings is 1. The van der Waals surface area contributed by atoms with Crippen LogP contribution in [0.15, 0.2) is 24.3 Å². The third-order valence-electron chi connectivity index (χ3n) is 4.55. The Morgan fingerprint density at radius 2 is 1.65 bits per heavy atom. The molecule has 1 aromatic carbocycles. The van der Waals surface area contributed by atoms with Crippen LogP contribution < -0.4 is 10.9 Å². The van der Waals surface area contributed by atoms with E-state index in [0.717, 1.165) is 24.2 Å². The molecule has 0 unspecified atom stereocenters. The fraction of sp³-hybridized carbons (Fsp3) is 0.400. The number of hydrogen-bond acceptors (Lipinski definition) is 5. The number of aromatic nitrogens is 2. The number of anilines is 1. The highest BCUT2D eigenvalue weighted by Crippen LogP contribution is 2.22. The van der Waals surface area contributed by atoms with Gasteiger partial charge in [0.2, 0.25) is 11.9 Å². The number of carbonyl (C=O) groups excluding carboxylic acids is 2. The van der Waals surface area contributed by atoms with Gasteiger partial charge in [-0.1, -0.05) is 12.1 Å². The van der Waals surface area contributed by atoms with Gasteiger partial charge in [0.1, 0.15) is 0 Å². The van der Waals surface area contributed by atoms with Crippen LogP contribution in [0.1, 0.15) is 58.6 Å². The predicted octanol–water partition coefficient (Wildman–Crippen LogP) is 3.08. The molecule has 0 fully saturated rings. The molecule has 1 aliphatic carbocycles. The van der Waals surface area contributed by atoms with Gasteiger partial charge < -0.3 is 0 Å². The quantitative estimate of drug-likeness (QED) is 0.616. The van der Waals surface area contributed by atoms with Gasteiger partial charge in [-0.25, -0.2) is 9.97 Å². The summed E-state index contributed by atoms with van der Waals surface area (Å²) < 4.78 is 0. The largest absolute Gasteiger partial charge is 0.294 e. The lowest BCUT2D eigenvalue weighted by atomic mass is 9.89. The molecule has 2 aromatic rings. The minimum absolute atomic E-state index is 0.00354. The van der Waals surface area contributed by atoms with Gasteiger partial charge in [-0.15, -0.1) is 0 Å². The first-order valence-corrected chi connectivity index (χ1v) is 9.03. The molecule has 26 heavy (non-hydrogen) atoms. The SMILES string of the molecule is Cc1cc(C)nc(NNC(=O)CCC(=O)c2ccc3c(c2)CCCC3)n1. The first kappa shape index (κ1) is 18.0. The monoisotopic (exact) mass is 352 g/mol. The first-order valence-electron chi connectivity index (χ1n) is 9.03. The molecule has 3 rings (SSSR count). The number of nitrogens with one attached hydrogen (secondary N) is 2. The minimum Gasteiger partial charge on any atom is -0.294 e. The smallest absolute Gasteiger partial charge is 0.242 e. The van der Waals surface area contributed by atoms with Crippen LogP contribution in [0.5, 0.6) is 0 Å². The maximum absolute atomic E-state index is 12.4. The summed E-state index contributed by atoms with van der Waals surface area (Å²) in [7, 11) is 0. The molecule has 1 aromatic heterocycles. The number of amides is 1. The molecular formula is C20H24N4O2. The number of rotatable bonds is 6. The van der Waals surface area contributed by atoms with Crippen molar-refractivity contribution in [3.05, 3.63) is 52.3 Å². The zero-order chi connectivity index (χ0) is 18.5. The van der Waals surface area contributed by atoms with E-state index in [1.165, 1.54) is 24.0 Å². The molecular weight excluding hydrogens is 328 g/mol. The van der Waals surface area contributed by atoms with Crippen LogP contribution in [0.4, 0.5) is 5.95 Å². The van der Waals surface area contributed by atoms with Crippen molar-refractivity contribution >= 4 is 17.6 Å². The molecule has 6 heteroatoms. The summed E-state index contributed by atoms with van der Waals surface area (Å²) in [6.07, 6.45) is 4.83. The van der Waals surface area contributed by atoms with E-state index in [9.17, 15) is 9.59 Å². The summed E-state index contributed by atoms with van der Waals surface area (Å²) in [4.78, 5) is 32.7. The van der Waals surface area contributed by atoms with Crippen LogP contribution in [-0.2, 0) is 17.6 Å². The zero-order valence-electron chi connectivity index (χ0n) is 15.3. The molecule has 0 bridgehead atoms. The Morgan fingerprint density at radius 1 is 0.962 bits per heavy atom. The van der Waals surface area contributed by atoms with Crippen LogP contribution in [0, 0.1) is 13.8 Å². The number of nitrogens with zero attached hydrogens (tertiary/aromatic N) is 2. The molecule has 0 radical (unpaired) electrons. The molecule has 0 atom stereocenters. The summed E-state index contributed by atoms with van der Waals surface area (Å²) in [5.74, 6) is 0.0760. The lowest BCUT2D eigenvalue weighted by molar-refractivity contribution is -0.120. The minimum atomic E-state index is -0.265. The predicted molar refractivity (Wildman–Crippen MR) is 99.9 cm³/mol. The van der Waals surface area contributed by atoms with Gasteiger partial charge in [-0.3, -0.25) is 20.4 Å². The maximum atomic E-state index is 12.4. The van der Waals surface area contributed by atoms with Crippen molar-refractivity contribution in [2.75, 3.05) is 5.43 Å². The van der Waals surface area contributed by atoms with Crippen molar-refractivity contribution < 1.29 is 9.59 Å². The van der Waals surface area contributed by atoms with Crippen molar-refractivity contribution in [2.24, 2.45) is 0 Å². The first-order chi connectivity index (χ1) is 12.5. The van der Waals surface area contributed by atoms with Crippen molar-refractivity contribution in [1.82, 2.24) is 15.4 Å². The lowest BCUT2D eigenvalue weighted by Crippen LogP contribution is -2.30. The van der Waals surface area contributed by atoms with E-state index in [2.05, 4.69) is 26.9 Å². The second kappa shape index (κ2) is 8.08. The van der Waals surface area contributed by atoms with E-state index in [0.29, 0.717) is 11.5 Å². The highest BCUT2D eigenvalue weighted by molar-refractivity contribution is 5.98. The van der Waals surface area contributed by atoms with Gasteiger partial charge in [-0.05, 0) is 62.8 Å². The van der Waals surface area contributed by atoms with Crippen molar-refractivity contribution in [3.63, 3.8) is 0 Å². The lowest BCUT2D eigenvalue weighted by Gasteiger charge is -2.16. The second-order valence-corrected chi connectivity index (χ2v) is 6.76. The number of hydrazine groups is 1. The Morgan fingerprint density at radius 3 is 2.38 bits per heavy atom. The normalized spacial score (nSPS) is 13.0. The number of ketones is 1. The molecule has 1 amide bonds. The van der Waals surface area contributed by atoms with E-state index in [4.69, 9.17) is 0 Å². The van der Waals surface area contributed by atoms with E-state index in [-0.39, 0.29) is 24.5 Å². The van der Waals surface area contributed by atoms with Crippen LogP contribution in [0.2, 0.25) is 0 Å². The van der Waals surface area contributed by atoms with Crippen molar-refractivity contribution in [3.8, 4) is 0 Å². The number of carbonyl (C=O) groups is 2. The standard InChI is InChI=1S/C20H24N4O2/c1-13-11-14(2)22-20(21-13)24-23-19(26)10-9-18(25)17-8-7-15-5-3-4-6-16(15)12-17/h7-8,11-12H,3-6,9-10H2,1-2H3,(H,23,26)(H,21,22,24). The van der Waals surface area contributed by atoms with E-state index in [1.807, 2.05) is 32.0 Å². The molecule has 136 valence electrons. The Bertz CT molecular complexity index is 812. The summed E-state index contributed by atoms with van der Waals surface area (Å²) in [5, 5.41) is 0. The average Bonchev–Trinajstić information content (AvgIpc) is 2.63. The molecule has 0 spiro atoms. The van der Waals surface area contributed by atoms with E-state index >= 15 is 0 Å². The number of Topliss-reactive ketones (excluding diaryl/α,β-unsaturated/α-hetero) is 1. The maximum Gasteiger partial charge on any atom is 0.242 e. The Hall–Kier alpha value is -2.76. The topological polar surface area (TPSA) is 84.0 Å². The fourth-order valence-corrected chi connectivity index (χ4v) is 3.25. The van der Waals surface area contributed by atoms with Crippen LogP contribution in [0.25, 0.3) is 0 Å². The molecule has 1 aliphatic rings. The molecule has 0 aliphatic heterocycles. The van der Waals surface area contributed by atoms with E-state index < -0.39 is 0 Å². The van der Waals surface area contributed by atoms with Crippen LogP contribution in [0.3, 0.4) is 0 Å². The Labute approximate surface area is 153 Å². The molecule has 6 nitrogen and oxygen atoms in total. The number of fused-ring (bicyclic) bond motifs is 1. The zero-order valence-corrected chi connectivity index (χ0v) is 15.3. The summed E-state index contributed by atoms with van der Waals surface area (Å²) in [6, 6.07) is 7.79. The molecule has 1 heterocycles. The highest BCUT2D eigenvalue weighted by Gasteiger charge is 2.14. The molecule has 0 saturated carbocycles. The number of hydrogen-bond donors (Lipinski definition) is 2. The summed E-state index contributed by atoms with van der Waals surface area (Å²) in [5.41, 5.74) is 10.2. The summed E-state index contributed by atoms with van der Waals surface area (Å²) >= 11 is 0. The van der Waals surface area contributed by atoms with Crippen molar-refractivity contribution in [2.45, 2.75) is 52.4 Å². The van der Waals surface area contributed by atoms with Gasteiger partial charge in [0, 0.05) is 29.8 Å². The van der Waals surface area contributed by atoms with Gasteiger partial charge in [0.15, 0.2) is 5.78 Å². The third-order valence-corrected chi connectivity index (χ3v) is 4.55. The van der Waals surface area contributed by atoms with Gasteiger partial charge in [-0.2, -0.15) is 0 Å². The second-order valence-electron chi connectivity index (χ2n) is 6.76. The van der Waals surface area contributed by atoms with Gasteiger partial charge in [0.25, 0.3) is 0 Å². The van der Waals surface area contributed by atoms with Gasteiger partial charge >= 0.3 is 0 Å². The third kappa shape index (κ3) is 4.65. The Kier molecular flexibility index (Phi) is 5.61. The molecule has 2 N–H and O–H groups in total. The molecule has 0 saturated heterocycles.